The molecule has 0 saturated heterocycles. The Morgan fingerprint density at radius 1 is 0.677 bits per heavy atom. The third-order valence-electron chi connectivity index (χ3n) is 5.40. The Balaban J connectivity index is 1.93. The van der Waals surface area contributed by atoms with Gasteiger partial charge in [-0.2, -0.15) is 10.5 Å². The minimum absolute atomic E-state index is 0.411. The van der Waals surface area contributed by atoms with Gasteiger partial charge in [0.1, 0.15) is 17.9 Å². The van der Waals surface area contributed by atoms with Crippen molar-refractivity contribution < 1.29 is 4.74 Å². The van der Waals surface area contributed by atoms with Crippen molar-refractivity contribution in [2.45, 2.75) is 46.0 Å². The van der Waals surface area contributed by atoms with Crippen LogP contribution in [0.5, 0.6) is 5.75 Å². The zero-order valence-corrected chi connectivity index (χ0v) is 18.3. The van der Waals surface area contributed by atoms with Gasteiger partial charge in [-0.05, 0) is 48.1 Å². The highest BCUT2D eigenvalue weighted by Crippen LogP contribution is 2.33. The Kier molecular flexibility index (Phi) is 7.85. The maximum Gasteiger partial charge on any atom is 0.119 e. The molecule has 3 heteroatoms. The molecule has 0 atom stereocenters. The summed E-state index contributed by atoms with van der Waals surface area (Å²) in [6.45, 7) is 4.95. The Morgan fingerprint density at radius 2 is 1.23 bits per heavy atom. The van der Waals surface area contributed by atoms with Crippen LogP contribution in [0, 0.1) is 22.7 Å². The van der Waals surface area contributed by atoms with Crippen LogP contribution in [0.15, 0.2) is 60.7 Å². The highest BCUT2D eigenvalue weighted by Gasteiger charge is 2.16. The molecule has 0 radical (unpaired) electrons. The summed E-state index contributed by atoms with van der Waals surface area (Å²) in [4.78, 5) is 0. The van der Waals surface area contributed by atoms with Gasteiger partial charge in [0, 0.05) is 11.1 Å². The molecule has 0 spiro atoms. The molecule has 0 saturated carbocycles. The van der Waals surface area contributed by atoms with Gasteiger partial charge in [-0.1, -0.05) is 75.2 Å². The van der Waals surface area contributed by atoms with Gasteiger partial charge in [0.15, 0.2) is 0 Å². The van der Waals surface area contributed by atoms with Crippen molar-refractivity contribution in [3.05, 3.63) is 77.4 Å². The molecule has 0 heterocycles. The van der Waals surface area contributed by atoms with E-state index in [1.54, 1.807) is 0 Å². The zero-order chi connectivity index (χ0) is 22.1. The molecule has 156 valence electrons. The minimum Gasteiger partial charge on any atom is -0.494 e. The highest BCUT2D eigenvalue weighted by molar-refractivity contribution is 5.82. The Hall–Kier alpha value is -3.56. The number of unbranched alkanes of at least 4 members (excludes halogenated alkanes) is 2. The van der Waals surface area contributed by atoms with Gasteiger partial charge < -0.3 is 4.74 Å². The first-order chi connectivity index (χ1) is 15.2. The second kappa shape index (κ2) is 11.0. The summed E-state index contributed by atoms with van der Waals surface area (Å²) in [6, 6.07) is 24.5. The lowest BCUT2D eigenvalue weighted by atomic mass is 9.90. The number of nitriles is 2. The quantitative estimate of drug-likeness (QED) is 0.349. The molecule has 3 aromatic carbocycles. The summed E-state index contributed by atoms with van der Waals surface area (Å²) >= 11 is 0. The van der Waals surface area contributed by atoms with E-state index in [2.05, 4.69) is 50.3 Å². The van der Waals surface area contributed by atoms with Crippen molar-refractivity contribution in [2.24, 2.45) is 0 Å². The fourth-order valence-electron chi connectivity index (χ4n) is 3.70. The zero-order valence-electron chi connectivity index (χ0n) is 18.3. The average molecular weight is 409 g/mol. The number of nitrogens with zero attached hydrogens (tertiary/aromatic N) is 2. The van der Waals surface area contributed by atoms with Crippen LogP contribution in [-0.2, 0) is 6.42 Å². The van der Waals surface area contributed by atoms with Gasteiger partial charge in [0.2, 0.25) is 0 Å². The van der Waals surface area contributed by atoms with Crippen molar-refractivity contribution >= 4 is 0 Å². The molecule has 0 amide bonds. The van der Waals surface area contributed by atoms with Crippen molar-refractivity contribution in [2.75, 3.05) is 6.61 Å². The molecule has 3 nitrogen and oxygen atoms in total. The lowest BCUT2D eigenvalue weighted by Crippen LogP contribution is -1.96. The van der Waals surface area contributed by atoms with Crippen LogP contribution < -0.4 is 4.74 Å². The molecule has 0 unspecified atom stereocenters. The maximum absolute atomic E-state index is 9.88. The Morgan fingerprint density at radius 3 is 1.71 bits per heavy atom. The van der Waals surface area contributed by atoms with E-state index in [0.29, 0.717) is 17.7 Å². The first kappa shape index (κ1) is 22.1. The Labute approximate surface area is 185 Å². The normalized spacial score (nSPS) is 10.3. The van der Waals surface area contributed by atoms with Gasteiger partial charge in [0.05, 0.1) is 17.7 Å². The number of benzene rings is 3. The summed E-state index contributed by atoms with van der Waals surface area (Å²) in [5.41, 5.74) is 5.56. The average Bonchev–Trinajstić information content (AvgIpc) is 2.82. The fraction of sp³-hybridized carbons (Fsp3) is 0.286. The summed E-state index contributed by atoms with van der Waals surface area (Å²) in [7, 11) is 0. The van der Waals surface area contributed by atoms with E-state index in [1.807, 2.05) is 36.4 Å². The van der Waals surface area contributed by atoms with Crippen LogP contribution in [-0.4, -0.2) is 6.61 Å². The SMILES string of the molecule is CCCCCc1ccc(-c2ccc(-c3ccc(OCCC)cc3)c(C#N)c2C#N)cc1. The summed E-state index contributed by atoms with van der Waals surface area (Å²) in [5.74, 6) is 0.806. The molecule has 0 aliphatic carbocycles. The number of ether oxygens (including phenoxy) is 1. The lowest BCUT2D eigenvalue weighted by Gasteiger charge is -2.12. The van der Waals surface area contributed by atoms with Gasteiger partial charge >= 0.3 is 0 Å². The molecule has 0 bridgehead atoms. The van der Waals surface area contributed by atoms with Gasteiger partial charge in [-0.3, -0.25) is 0 Å². The predicted octanol–water partition coefficient (Wildman–Crippen LogP) is 7.29. The molecule has 0 aliphatic heterocycles. The standard InChI is InChI=1S/C28H28N2O/c1-3-5-6-7-21-8-10-22(11-9-21)25-16-17-26(28(20-30)27(25)19-29)23-12-14-24(15-13-23)31-18-4-2/h8-17H,3-7,18H2,1-2H3. The molecule has 0 aliphatic rings. The van der Waals surface area contributed by atoms with Crippen LogP contribution in [0.1, 0.15) is 56.2 Å². The van der Waals surface area contributed by atoms with E-state index in [0.717, 1.165) is 40.8 Å². The number of rotatable bonds is 9. The van der Waals surface area contributed by atoms with E-state index in [4.69, 9.17) is 4.74 Å². The predicted molar refractivity (Wildman–Crippen MR) is 126 cm³/mol. The van der Waals surface area contributed by atoms with Crippen molar-refractivity contribution in [1.29, 1.82) is 10.5 Å². The number of hydrogen-bond acceptors (Lipinski definition) is 3. The van der Waals surface area contributed by atoms with Crippen molar-refractivity contribution in [3.8, 4) is 40.1 Å². The molecule has 31 heavy (non-hydrogen) atoms. The molecule has 0 N–H and O–H groups in total. The minimum atomic E-state index is 0.411. The third kappa shape index (κ3) is 5.33. The van der Waals surface area contributed by atoms with Crippen LogP contribution in [0.2, 0.25) is 0 Å². The summed E-state index contributed by atoms with van der Waals surface area (Å²) in [6.07, 6.45) is 5.65. The van der Waals surface area contributed by atoms with Crippen molar-refractivity contribution in [3.63, 3.8) is 0 Å². The summed E-state index contributed by atoms with van der Waals surface area (Å²) in [5, 5.41) is 19.8. The summed E-state index contributed by atoms with van der Waals surface area (Å²) < 4.78 is 5.65. The third-order valence-corrected chi connectivity index (χ3v) is 5.40. The highest BCUT2D eigenvalue weighted by atomic mass is 16.5. The molecule has 0 aromatic heterocycles. The Bertz CT molecular complexity index is 1080. The number of aryl methyl sites for hydroxylation is 1. The van der Waals surface area contributed by atoms with Gasteiger partial charge in [0.25, 0.3) is 0 Å². The topological polar surface area (TPSA) is 56.8 Å². The lowest BCUT2D eigenvalue weighted by molar-refractivity contribution is 0.317. The fourth-order valence-corrected chi connectivity index (χ4v) is 3.70. The number of hydrogen-bond donors (Lipinski definition) is 0. The van der Waals surface area contributed by atoms with Gasteiger partial charge in [-0.15, -0.1) is 0 Å². The van der Waals surface area contributed by atoms with Gasteiger partial charge in [-0.25, -0.2) is 0 Å². The molecular weight excluding hydrogens is 380 g/mol. The smallest absolute Gasteiger partial charge is 0.119 e. The second-order valence-electron chi connectivity index (χ2n) is 7.66. The largest absolute Gasteiger partial charge is 0.494 e. The molecule has 0 fully saturated rings. The van der Waals surface area contributed by atoms with E-state index >= 15 is 0 Å². The van der Waals surface area contributed by atoms with Crippen LogP contribution in [0.25, 0.3) is 22.3 Å². The van der Waals surface area contributed by atoms with E-state index in [1.165, 1.54) is 24.8 Å². The van der Waals surface area contributed by atoms with Crippen LogP contribution in [0.4, 0.5) is 0 Å². The van der Waals surface area contributed by atoms with Crippen molar-refractivity contribution in [1.82, 2.24) is 0 Å². The van der Waals surface area contributed by atoms with E-state index in [9.17, 15) is 10.5 Å². The maximum atomic E-state index is 9.88. The van der Waals surface area contributed by atoms with E-state index < -0.39 is 0 Å². The van der Waals surface area contributed by atoms with E-state index in [-0.39, 0.29) is 0 Å². The monoisotopic (exact) mass is 408 g/mol. The second-order valence-corrected chi connectivity index (χ2v) is 7.66. The molecule has 3 aromatic rings. The molecular formula is C28H28N2O. The first-order valence-corrected chi connectivity index (χ1v) is 11.0. The van der Waals surface area contributed by atoms with Crippen LogP contribution >= 0.6 is 0 Å². The van der Waals surface area contributed by atoms with Crippen LogP contribution in [0.3, 0.4) is 0 Å². The first-order valence-electron chi connectivity index (χ1n) is 11.0. The molecule has 3 rings (SSSR count).